The molecular weight excluding hydrogens is 360 g/mol. The minimum Gasteiger partial charge on any atom is -0.465 e. The van der Waals surface area contributed by atoms with Gasteiger partial charge in [0.2, 0.25) is 0 Å². The number of rotatable bonds is 19. The Bertz CT molecular complexity index is 486. The maximum Gasteiger partial charge on any atom is 0.305 e. The molecule has 3 nitrogen and oxygen atoms in total. The molecule has 0 spiro atoms. The number of benzene rings is 1. The minimum absolute atomic E-state index is 0.00847. The lowest BCUT2D eigenvalue weighted by molar-refractivity contribution is -0.145. The van der Waals surface area contributed by atoms with Crippen molar-refractivity contribution in [3.8, 4) is 0 Å². The number of hydrogen-bond acceptors (Lipinski definition) is 3. The van der Waals surface area contributed by atoms with Crippen molar-refractivity contribution in [2.75, 3.05) is 13.2 Å². The summed E-state index contributed by atoms with van der Waals surface area (Å²) >= 11 is 0. The van der Waals surface area contributed by atoms with Gasteiger partial charge < -0.3 is 9.47 Å². The molecule has 1 aromatic carbocycles. The summed E-state index contributed by atoms with van der Waals surface area (Å²) in [5, 5.41) is 0. The summed E-state index contributed by atoms with van der Waals surface area (Å²) in [6.07, 6.45) is 14.7. The molecule has 0 aromatic heterocycles. The Hall–Kier alpha value is -1.35. The van der Waals surface area contributed by atoms with Crippen LogP contribution in [0.15, 0.2) is 30.3 Å². The van der Waals surface area contributed by atoms with E-state index in [0.29, 0.717) is 25.6 Å². The van der Waals surface area contributed by atoms with Crippen molar-refractivity contribution in [3.63, 3.8) is 0 Å². The average molecular weight is 405 g/mol. The molecule has 0 aliphatic carbocycles. The number of ether oxygens (including phenoxy) is 2. The van der Waals surface area contributed by atoms with Crippen molar-refractivity contribution in [1.29, 1.82) is 0 Å². The molecule has 0 saturated heterocycles. The highest BCUT2D eigenvalue weighted by atomic mass is 16.5. The average Bonchev–Trinajstić information content (AvgIpc) is 2.74. The molecule has 0 saturated carbocycles. The van der Waals surface area contributed by atoms with Gasteiger partial charge in [0.15, 0.2) is 0 Å². The molecule has 1 unspecified atom stereocenters. The molecule has 0 radical (unpaired) electrons. The third-order valence-electron chi connectivity index (χ3n) is 5.42. The smallest absolute Gasteiger partial charge is 0.305 e. The molecule has 0 N–H and O–H groups in total. The van der Waals surface area contributed by atoms with Crippen LogP contribution in [0.3, 0.4) is 0 Å². The van der Waals surface area contributed by atoms with Crippen LogP contribution in [0.4, 0.5) is 0 Å². The lowest BCUT2D eigenvalue weighted by atomic mass is 9.97. The largest absolute Gasteiger partial charge is 0.465 e. The van der Waals surface area contributed by atoms with E-state index < -0.39 is 0 Å². The number of esters is 1. The Morgan fingerprint density at radius 2 is 1.55 bits per heavy atom. The summed E-state index contributed by atoms with van der Waals surface area (Å²) < 4.78 is 11.3. The van der Waals surface area contributed by atoms with Gasteiger partial charge in [-0.05, 0) is 37.2 Å². The molecule has 1 aromatic rings. The molecule has 3 heteroatoms. The normalized spacial score (nSPS) is 12.1. The SMILES string of the molecule is CCCCCCC(CCC)COC(=O)CCCCCCCOCc1ccccc1. The first-order valence-corrected chi connectivity index (χ1v) is 12.0. The van der Waals surface area contributed by atoms with E-state index in [1.54, 1.807) is 0 Å². The number of carbonyl (C=O) groups excluding carboxylic acids is 1. The third-order valence-corrected chi connectivity index (χ3v) is 5.42. The fraction of sp³-hybridized carbons (Fsp3) is 0.731. The number of carbonyl (C=O) groups is 1. The predicted octanol–water partition coefficient (Wildman–Crippen LogP) is 7.47. The van der Waals surface area contributed by atoms with E-state index in [-0.39, 0.29) is 5.97 Å². The molecule has 0 heterocycles. The van der Waals surface area contributed by atoms with Crippen LogP contribution in [0.2, 0.25) is 0 Å². The maximum absolute atomic E-state index is 12.0. The lowest BCUT2D eigenvalue weighted by Gasteiger charge is -2.16. The van der Waals surface area contributed by atoms with Gasteiger partial charge in [0, 0.05) is 13.0 Å². The standard InChI is InChI=1S/C26H44O3/c1-3-5-6-11-17-24(16-4-2)23-29-26(27)20-14-8-7-9-15-21-28-22-25-18-12-10-13-19-25/h10,12-13,18-19,24H,3-9,11,14-17,20-23H2,1-2H3. The molecule has 0 aliphatic rings. The highest BCUT2D eigenvalue weighted by molar-refractivity contribution is 5.69. The molecule has 1 atom stereocenters. The van der Waals surface area contributed by atoms with E-state index in [9.17, 15) is 4.79 Å². The molecule has 0 aliphatic heterocycles. The van der Waals surface area contributed by atoms with Crippen LogP contribution in [0, 0.1) is 5.92 Å². The van der Waals surface area contributed by atoms with Crippen LogP contribution in [-0.2, 0) is 20.9 Å². The Kier molecular flexibility index (Phi) is 16.5. The van der Waals surface area contributed by atoms with Crippen molar-refractivity contribution in [2.24, 2.45) is 5.92 Å². The minimum atomic E-state index is -0.00847. The van der Waals surface area contributed by atoms with Crippen LogP contribution in [0.1, 0.15) is 103 Å². The van der Waals surface area contributed by atoms with Crippen LogP contribution in [0.5, 0.6) is 0 Å². The number of hydrogen-bond donors (Lipinski definition) is 0. The van der Waals surface area contributed by atoms with Gasteiger partial charge in [-0.15, -0.1) is 0 Å². The second kappa shape index (κ2) is 18.7. The van der Waals surface area contributed by atoms with Gasteiger partial charge in [-0.25, -0.2) is 0 Å². The zero-order valence-electron chi connectivity index (χ0n) is 19.0. The molecule has 0 fully saturated rings. The van der Waals surface area contributed by atoms with Gasteiger partial charge in [0.1, 0.15) is 0 Å². The van der Waals surface area contributed by atoms with E-state index in [2.05, 4.69) is 26.0 Å². The second-order valence-electron chi connectivity index (χ2n) is 8.24. The fourth-order valence-electron chi connectivity index (χ4n) is 3.63. The third kappa shape index (κ3) is 15.2. The van der Waals surface area contributed by atoms with Crippen LogP contribution >= 0.6 is 0 Å². The quantitative estimate of drug-likeness (QED) is 0.177. The topological polar surface area (TPSA) is 35.5 Å². The molecule has 0 amide bonds. The second-order valence-corrected chi connectivity index (χ2v) is 8.24. The van der Waals surface area contributed by atoms with Crippen LogP contribution < -0.4 is 0 Å². The van der Waals surface area contributed by atoms with E-state index in [4.69, 9.17) is 9.47 Å². The van der Waals surface area contributed by atoms with E-state index in [0.717, 1.165) is 32.3 Å². The van der Waals surface area contributed by atoms with Gasteiger partial charge in [0.05, 0.1) is 13.2 Å². The van der Waals surface area contributed by atoms with Crippen molar-refractivity contribution >= 4 is 5.97 Å². The Labute approximate surface area is 179 Å². The highest BCUT2D eigenvalue weighted by Crippen LogP contribution is 2.17. The fourth-order valence-corrected chi connectivity index (χ4v) is 3.63. The summed E-state index contributed by atoms with van der Waals surface area (Å²) in [5.41, 5.74) is 1.23. The van der Waals surface area contributed by atoms with Crippen molar-refractivity contribution in [1.82, 2.24) is 0 Å². The lowest BCUT2D eigenvalue weighted by Crippen LogP contribution is -2.14. The maximum atomic E-state index is 12.0. The van der Waals surface area contributed by atoms with E-state index in [1.165, 1.54) is 56.9 Å². The summed E-state index contributed by atoms with van der Waals surface area (Å²) in [4.78, 5) is 12.0. The molecule has 166 valence electrons. The van der Waals surface area contributed by atoms with Crippen molar-refractivity contribution in [3.05, 3.63) is 35.9 Å². The van der Waals surface area contributed by atoms with Gasteiger partial charge in [0.25, 0.3) is 0 Å². The summed E-state index contributed by atoms with van der Waals surface area (Å²) in [6, 6.07) is 10.3. The van der Waals surface area contributed by atoms with Crippen LogP contribution in [-0.4, -0.2) is 19.2 Å². The van der Waals surface area contributed by atoms with E-state index >= 15 is 0 Å². The predicted molar refractivity (Wildman–Crippen MR) is 122 cm³/mol. The Morgan fingerprint density at radius 1 is 0.828 bits per heavy atom. The van der Waals surface area contributed by atoms with Crippen molar-refractivity contribution in [2.45, 2.75) is 104 Å². The highest BCUT2D eigenvalue weighted by Gasteiger charge is 2.11. The van der Waals surface area contributed by atoms with E-state index in [1.807, 2.05) is 18.2 Å². The molecule has 0 bridgehead atoms. The monoisotopic (exact) mass is 404 g/mol. The Balaban J connectivity index is 1.94. The van der Waals surface area contributed by atoms with Crippen LogP contribution in [0.25, 0.3) is 0 Å². The first kappa shape index (κ1) is 25.7. The first-order chi connectivity index (χ1) is 14.3. The van der Waals surface area contributed by atoms with Gasteiger partial charge in [-0.1, -0.05) is 95.5 Å². The first-order valence-electron chi connectivity index (χ1n) is 12.0. The molecule has 29 heavy (non-hydrogen) atoms. The molecule has 1 rings (SSSR count). The Morgan fingerprint density at radius 3 is 2.31 bits per heavy atom. The zero-order chi connectivity index (χ0) is 21.0. The zero-order valence-corrected chi connectivity index (χ0v) is 19.0. The number of unbranched alkanes of at least 4 members (excludes halogenated alkanes) is 7. The van der Waals surface area contributed by atoms with Gasteiger partial charge >= 0.3 is 5.97 Å². The van der Waals surface area contributed by atoms with Gasteiger partial charge in [-0.2, -0.15) is 0 Å². The summed E-state index contributed by atoms with van der Waals surface area (Å²) in [6.45, 7) is 6.59. The summed E-state index contributed by atoms with van der Waals surface area (Å²) in [5.74, 6) is 0.544. The van der Waals surface area contributed by atoms with Crippen molar-refractivity contribution < 1.29 is 14.3 Å². The van der Waals surface area contributed by atoms with Gasteiger partial charge in [-0.3, -0.25) is 4.79 Å². The summed E-state index contributed by atoms with van der Waals surface area (Å²) in [7, 11) is 0. The molecular formula is C26H44O3.